The van der Waals surface area contributed by atoms with Crippen molar-refractivity contribution in [1.82, 2.24) is 10.2 Å². The first-order chi connectivity index (χ1) is 10.7. The summed E-state index contributed by atoms with van der Waals surface area (Å²) in [6.07, 6.45) is 13.0. The Morgan fingerprint density at radius 2 is 2.05 bits per heavy atom. The maximum Gasteiger partial charge on any atom is 0.0993 e. The number of fused-ring (bicyclic) bond motifs is 1. The van der Waals surface area contributed by atoms with E-state index in [1.807, 2.05) is 18.2 Å². The Bertz CT molecular complexity index is 544. The van der Waals surface area contributed by atoms with E-state index in [0.29, 0.717) is 0 Å². The predicted molar refractivity (Wildman–Crippen MR) is 90.8 cm³/mol. The number of nitrogens with zero attached hydrogens (tertiary/aromatic N) is 1. The summed E-state index contributed by atoms with van der Waals surface area (Å²) in [5.74, 6) is 2.67. The fraction of sp³-hybridized carbons (Fsp3) is 0.474. The van der Waals surface area contributed by atoms with Crippen LogP contribution in [0, 0.1) is 11.8 Å². The largest absolute Gasteiger partial charge is 0.501 e. The minimum Gasteiger partial charge on any atom is -0.501 e. The Morgan fingerprint density at radius 1 is 1.32 bits per heavy atom. The molecule has 0 amide bonds. The lowest BCUT2D eigenvalue weighted by atomic mass is 10.0. The molecule has 22 heavy (non-hydrogen) atoms. The van der Waals surface area contributed by atoms with Gasteiger partial charge in [-0.15, -0.1) is 0 Å². The maximum absolute atomic E-state index is 5.40. The SMILES string of the molecule is C=C1/C=C\C=C(\OC)C/C=C(/C(=C)N2CC3CCCC3C2)N1. The van der Waals surface area contributed by atoms with Crippen LogP contribution in [0.1, 0.15) is 25.7 Å². The second-order valence-electron chi connectivity index (χ2n) is 6.47. The molecule has 0 aromatic heterocycles. The van der Waals surface area contributed by atoms with Crippen molar-refractivity contribution in [1.29, 1.82) is 0 Å². The molecule has 3 aliphatic rings. The van der Waals surface area contributed by atoms with Crippen LogP contribution in [0.2, 0.25) is 0 Å². The van der Waals surface area contributed by atoms with Gasteiger partial charge in [-0.2, -0.15) is 0 Å². The second kappa shape index (κ2) is 6.47. The number of nitrogens with one attached hydrogen (secondary N) is 1. The van der Waals surface area contributed by atoms with E-state index in [2.05, 4.69) is 29.5 Å². The van der Waals surface area contributed by atoms with Gasteiger partial charge in [0.15, 0.2) is 0 Å². The molecular weight excluding hydrogens is 272 g/mol. The normalized spacial score (nSPS) is 34.2. The Balaban J connectivity index is 1.74. The average Bonchev–Trinajstić information content (AvgIpc) is 3.10. The third kappa shape index (κ3) is 3.13. The molecule has 2 fully saturated rings. The van der Waals surface area contributed by atoms with E-state index in [4.69, 9.17) is 4.74 Å². The monoisotopic (exact) mass is 298 g/mol. The molecule has 0 bridgehead atoms. The van der Waals surface area contributed by atoms with Crippen molar-refractivity contribution in [3.8, 4) is 0 Å². The van der Waals surface area contributed by atoms with Crippen molar-refractivity contribution in [3.05, 3.63) is 60.3 Å². The summed E-state index contributed by atoms with van der Waals surface area (Å²) in [4.78, 5) is 2.44. The van der Waals surface area contributed by atoms with Gasteiger partial charge in [-0.1, -0.05) is 31.7 Å². The standard InChI is InChI=1S/C19H26N2O/c1-14-6-4-9-18(22-3)10-11-19(20-14)15(2)21-12-16-7-5-8-17(16)13-21/h4,6,9,11,16-17,20H,1-2,5,7-8,10,12-13H2,3H3/b6-4-,18-9+,19-11-. The van der Waals surface area contributed by atoms with Gasteiger partial charge in [-0.25, -0.2) is 0 Å². The molecule has 2 atom stereocenters. The van der Waals surface area contributed by atoms with Gasteiger partial charge in [-0.3, -0.25) is 0 Å². The lowest BCUT2D eigenvalue weighted by Crippen LogP contribution is -2.26. The number of rotatable bonds is 3. The molecule has 1 N–H and O–H groups in total. The van der Waals surface area contributed by atoms with Crippen molar-refractivity contribution < 1.29 is 4.74 Å². The Kier molecular flexibility index (Phi) is 4.41. The zero-order valence-corrected chi connectivity index (χ0v) is 13.5. The van der Waals surface area contributed by atoms with Crippen LogP contribution in [-0.4, -0.2) is 25.1 Å². The highest BCUT2D eigenvalue weighted by atomic mass is 16.5. The van der Waals surface area contributed by atoms with E-state index in [1.54, 1.807) is 7.11 Å². The van der Waals surface area contributed by atoms with Gasteiger partial charge in [0, 0.05) is 25.2 Å². The van der Waals surface area contributed by atoms with E-state index < -0.39 is 0 Å². The minimum atomic E-state index is 0.760. The fourth-order valence-electron chi connectivity index (χ4n) is 3.78. The van der Waals surface area contributed by atoms with Crippen molar-refractivity contribution in [2.75, 3.05) is 20.2 Å². The number of hydrogen-bond donors (Lipinski definition) is 1. The summed E-state index contributed by atoms with van der Waals surface area (Å²) in [5, 5.41) is 3.40. The summed E-state index contributed by atoms with van der Waals surface area (Å²) in [6.45, 7) is 10.7. The van der Waals surface area contributed by atoms with Gasteiger partial charge in [0.25, 0.3) is 0 Å². The molecule has 118 valence electrons. The zero-order valence-electron chi connectivity index (χ0n) is 13.5. The van der Waals surface area contributed by atoms with Crippen molar-refractivity contribution in [3.63, 3.8) is 0 Å². The number of hydrogen-bond acceptors (Lipinski definition) is 3. The number of ether oxygens (including phenoxy) is 1. The molecule has 1 saturated heterocycles. The smallest absolute Gasteiger partial charge is 0.0993 e. The van der Waals surface area contributed by atoms with E-state index in [1.165, 1.54) is 19.3 Å². The van der Waals surface area contributed by atoms with Crippen molar-refractivity contribution in [2.45, 2.75) is 25.7 Å². The lowest BCUT2D eigenvalue weighted by molar-refractivity contribution is 0.285. The molecule has 3 nitrogen and oxygen atoms in total. The average molecular weight is 298 g/mol. The first-order valence-electron chi connectivity index (χ1n) is 8.19. The molecule has 0 spiro atoms. The van der Waals surface area contributed by atoms with Crippen molar-refractivity contribution in [2.24, 2.45) is 11.8 Å². The molecule has 3 heteroatoms. The summed E-state index contributed by atoms with van der Waals surface area (Å²) < 4.78 is 5.40. The Hall–Kier alpha value is -1.90. The van der Waals surface area contributed by atoms with E-state index in [-0.39, 0.29) is 0 Å². The third-order valence-electron chi connectivity index (χ3n) is 5.06. The summed E-state index contributed by atoms with van der Waals surface area (Å²) in [7, 11) is 1.71. The van der Waals surface area contributed by atoms with Gasteiger partial charge in [-0.05, 0) is 36.8 Å². The molecule has 2 heterocycles. The second-order valence-corrected chi connectivity index (χ2v) is 6.47. The van der Waals surface area contributed by atoms with Gasteiger partial charge >= 0.3 is 0 Å². The molecule has 0 radical (unpaired) electrons. The summed E-state index contributed by atoms with van der Waals surface area (Å²) >= 11 is 0. The molecule has 0 aromatic carbocycles. The van der Waals surface area contributed by atoms with Crippen LogP contribution in [0.15, 0.2) is 60.3 Å². The molecule has 0 aromatic rings. The van der Waals surface area contributed by atoms with Crippen LogP contribution in [-0.2, 0) is 4.74 Å². The highest BCUT2D eigenvalue weighted by Gasteiger charge is 2.36. The highest BCUT2D eigenvalue weighted by Crippen LogP contribution is 2.39. The van der Waals surface area contributed by atoms with Gasteiger partial charge in [0.05, 0.1) is 24.3 Å². The molecule has 1 saturated carbocycles. The van der Waals surface area contributed by atoms with E-state index in [0.717, 1.165) is 54.2 Å². The minimum absolute atomic E-state index is 0.760. The lowest BCUT2D eigenvalue weighted by Gasteiger charge is -2.25. The Labute approximate surface area is 133 Å². The van der Waals surface area contributed by atoms with Crippen LogP contribution < -0.4 is 5.32 Å². The van der Waals surface area contributed by atoms with Gasteiger partial charge in [0.1, 0.15) is 0 Å². The highest BCUT2D eigenvalue weighted by molar-refractivity contribution is 5.35. The third-order valence-corrected chi connectivity index (χ3v) is 5.06. The first kappa shape index (κ1) is 15.0. The van der Waals surface area contributed by atoms with Gasteiger partial charge < -0.3 is 15.0 Å². The maximum atomic E-state index is 5.40. The van der Waals surface area contributed by atoms with Gasteiger partial charge in [0.2, 0.25) is 0 Å². The number of allylic oxidation sites excluding steroid dienone is 4. The Morgan fingerprint density at radius 3 is 2.73 bits per heavy atom. The van der Waals surface area contributed by atoms with Crippen molar-refractivity contribution >= 4 is 0 Å². The summed E-state index contributed by atoms with van der Waals surface area (Å²) in [6, 6.07) is 0. The zero-order chi connectivity index (χ0) is 15.5. The molecule has 3 rings (SSSR count). The van der Waals surface area contributed by atoms with E-state index >= 15 is 0 Å². The number of methoxy groups -OCH3 is 1. The van der Waals surface area contributed by atoms with Crippen LogP contribution in [0.4, 0.5) is 0 Å². The molecule has 2 aliphatic heterocycles. The quantitative estimate of drug-likeness (QED) is 0.859. The predicted octanol–water partition coefficient (Wildman–Crippen LogP) is 3.71. The topological polar surface area (TPSA) is 24.5 Å². The fourth-order valence-corrected chi connectivity index (χ4v) is 3.78. The molecule has 1 aliphatic carbocycles. The van der Waals surface area contributed by atoms with Crippen LogP contribution in [0.3, 0.4) is 0 Å². The van der Waals surface area contributed by atoms with Crippen LogP contribution >= 0.6 is 0 Å². The summed E-state index contributed by atoms with van der Waals surface area (Å²) in [5.41, 5.74) is 3.01. The molecular formula is C19H26N2O. The molecule has 2 unspecified atom stereocenters. The number of likely N-dealkylation sites (tertiary alicyclic amines) is 1. The van der Waals surface area contributed by atoms with Crippen LogP contribution in [0.25, 0.3) is 0 Å². The van der Waals surface area contributed by atoms with Crippen LogP contribution in [0.5, 0.6) is 0 Å². The first-order valence-corrected chi connectivity index (χ1v) is 8.19. The van der Waals surface area contributed by atoms with E-state index in [9.17, 15) is 0 Å².